The molecular weight excluding hydrogens is 314 g/mol. The van der Waals surface area contributed by atoms with E-state index >= 15 is 0 Å². The molecule has 1 aliphatic carbocycles. The van der Waals surface area contributed by atoms with Gasteiger partial charge in [0, 0.05) is 38.0 Å². The fraction of sp³-hybridized carbons (Fsp3) is 0.500. The zero-order valence-electron chi connectivity index (χ0n) is 14.5. The topological polar surface area (TPSA) is 47.4 Å². The third-order valence-corrected chi connectivity index (χ3v) is 5.02. The van der Waals surface area contributed by atoms with Crippen molar-refractivity contribution in [3.05, 3.63) is 54.1 Å². The maximum atomic E-state index is 12.7. The Kier molecular flexibility index (Phi) is 4.83. The summed E-state index contributed by atoms with van der Waals surface area (Å²) in [7, 11) is 0. The van der Waals surface area contributed by atoms with Crippen LogP contribution in [0.15, 0.2) is 42.7 Å². The molecule has 1 unspecified atom stereocenters. The molecule has 1 saturated carbocycles. The molecule has 132 valence electrons. The van der Waals surface area contributed by atoms with Gasteiger partial charge >= 0.3 is 0 Å². The van der Waals surface area contributed by atoms with Crippen molar-refractivity contribution in [2.45, 2.75) is 44.9 Å². The van der Waals surface area contributed by atoms with Crippen LogP contribution in [0.5, 0.6) is 0 Å². The number of imidazole rings is 1. The van der Waals surface area contributed by atoms with Crippen molar-refractivity contribution in [3.8, 4) is 0 Å². The van der Waals surface area contributed by atoms with E-state index < -0.39 is 0 Å². The first kappa shape index (κ1) is 16.3. The first-order valence-electron chi connectivity index (χ1n) is 9.24. The molecule has 5 nitrogen and oxygen atoms in total. The number of carbonyl (C=O) groups is 1. The van der Waals surface area contributed by atoms with Gasteiger partial charge in [0.2, 0.25) is 5.91 Å². The molecule has 0 bridgehead atoms. The second-order valence-corrected chi connectivity index (χ2v) is 7.09. The molecule has 5 heteroatoms. The highest BCUT2D eigenvalue weighted by Gasteiger charge is 2.35. The van der Waals surface area contributed by atoms with Crippen molar-refractivity contribution in [2.75, 3.05) is 13.2 Å². The zero-order chi connectivity index (χ0) is 17.1. The van der Waals surface area contributed by atoms with Gasteiger partial charge in [-0.1, -0.05) is 30.3 Å². The van der Waals surface area contributed by atoms with Crippen LogP contribution in [0.3, 0.4) is 0 Å². The van der Waals surface area contributed by atoms with E-state index in [9.17, 15) is 4.79 Å². The van der Waals surface area contributed by atoms with E-state index in [1.165, 1.54) is 5.56 Å². The normalized spacial score (nSPS) is 19.9. The molecule has 1 aromatic carbocycles. The highest BCUT2D eigenvalue weighted by atomic mass is 16.5. The quantitative estimate of drug-likeness (QED) is 0.779. The van der Waals surface area contributed by atoms with E-state index in [-0.39, 0.29) is 17.9 Å². The monoisotopic (exact) mass is 339 g/mol. The Labute approximate surface area is 148 Å². The van der Waals surface area contributed by atoms with E-state index in [1.807, 2.05) is 35.5 Å². The summed E-state index contributed by atoms with van der Waals surface area (Å²) in [6, 6.07) is 10.3. The van der Waals surface area contributed by atoms with E-state index in [0.29, 0.717) is 13.1 Å². The highest BCUT2D eigenvalue weighted by molar-refractivity contribution is 5.81. The maximum Gasteiger partial charge on any atom is 0.226 e. The van der Waals surface area contributed by atoms with E-state index in [0.717, 1.165) is 44.7 Å². The standard InChI is InChI=1S/C20H25N3O2/c24-20(17-8-9-17)23(14-18-7-4-12-25-18)15-19-21-10-11-22(19)13-16-5-2-1-3-6-16/h1-3,5-6,10-11,17-18H,4,7-9,12-15H2. The van der Waals surface area contributed by atoms with Gasteiger partial charge in [-0.15, -0.1) is 0 Å². The van der Waals surface area contributed by atoms with Crippen LogP contribution in [0, 0.1) is 5.92 Å². The van der Waals surface area contributed by atoms with E-state index in [1.54, 1.807) is 0 Å². The number of carbonyl (C=O) groups excluding carboxylic acids is 1. The van der Waals surface area contributed by atoms with E-state index in [4.69, 9.17) is 4.74 Å². The third kappa shape index (κ3) is 4.10. The Morgan fingerprint density at radius 2 is 2.08 bits per heavy atom. The molecule has 4 rings (SSSR count). The second-order valence-electron chi connectivity index (χ2n) is 7.09. The van der Waals surface area contributed by atoms with Gasteiger partial charge < -0.3 is 14.2 Å². The minimum Gasteiger partial charge on any atom is -0.376 e. The predicted molar refractivity (Wildman–Crippen MR) is 94.9 cm³/mol. The van der Waals surface area contributed by atoms with Gasteiger partial charge in [0.25, 0.3) is 0 Å². The van der Waals surface area contributed by atoms with Gasteiger partial charge in [0.05, 0.1) is 12.6 Å². The van der Waals surface area contributed by atoms with Crippen molar-refractivity contribution < 1.29 is 9.53 Å². The maximum absolute atomic E-state index is 12.7. The first-order chi connectivity index (χ1) is 12.3. The predicted octanol–water partition coefficient (Wildman–Crippen LogP) is 2.85. The minimum absolute atomic E-state index is 0.181. The fourth-order valence-corrected chi connectivity index (χ4v) is 3.44. The molecule has 0 spiro atoms. The van der Waals surface area contributed by atoms with Crippen molar-refractivity contribution in [1.82, 2.24) is 14.5 Å². The van der Waals surface area contributed by atoms with Gasteiger partial charge in [-0.25, -0.2) is 4.98 Å². The summed E-state index contributed by atoms with van der Waals surface area (Å²) in [4.78, 5) is 19.2. The SMILES string of the molecule is O=C(C1CC1)N(Cc1nccn1Cc1ccccc1)CC1CCCO1. The molecule has 2 heterocycles. The molecule has 2 fully saturated rings. The lowest BCUT2D eigenvalue weighted by molar-refractivity contribution is -0.135. The summed E-state index contributed by atoms with van der Waals surface area (Å²) < 4.78 is 7.89. The molecule has 1 amide bonds. The van der Waals surface area contributed by atoms with Crippen LogP contribution in [-0.4, -0.2) is 39.6 Å². The number of rotatable bonds is 7. The summed E-state index contributed by atoms with van der Waals surface area (Å²) >= 11 is 0. The van der Waals surface area contributed by atoms with Crippen LogP contribution in [-0.2, 0) is 22.6 Å². The molecule has 2 aliphatic rings. The summed E-state index contributed by atoms with van der Waals surface area (Å²) in [5.41, 5.74) is 1.24. The number of amides is 1. The third-order valence-electron chi connectivity index (χ3n) is 5.02. The lowest BCUT2D eigenvalue weighted by atomic mass is 10.2. The number of benzene rings is 1. The summed E-state index contributed by atoms with van der Waals surface area (Å²) in [6.45, 7) is 2.85. The summed E-state index contributed by atoms with van der Waals surface area (Å²) in [6.07, 6.45) is 8.20. The van der Waals surface area contributed by atoms with Gasteiger partial charge in [0.1, 0.15) is 5.82 Å². The number of hydrogen-bond acceptors (Lipinski definition) is 3. The lowest BCUT2D eigenvalue weighted by Gasteiger charge is -2.25. The van der Waals surface area contributed by atoms with Crippen LogP contribution in [0.2, 0.25) is 0 Å². The van der Waals surface area contributed by atoms with Crippen molar-refractivity contribution in [1.29, 1.82) is 0 Å². The molecule has 25 heavy (non-hydrogen) atoms. The molecule has 1 atom stereocenters. The number of nitrogens with zero attached hydrogens (tertiary/aromatic N) is 3. The Bertz CT molecular complexity index is 703. The Hall–Kier alpha value is -2.14. The Morgan fingerprint density at radius 3 is 2.80 bits per heavy atom. The molecule has 0 radical (unpaired) electrons. The largest absolute Gasteiger partial charge is 0.376 e. The van der Waals surface area contributed by atoms with Gasteiger partial charge in [-0.05, 0) is 31.2 Å². The summed E-state index contributed by atoms with van der Waals surface area (Å²) in [5.74, 6) is 1.43. The van der Waals surface area contributed by atoms with Gasteiger partial charge in [-0.2, -0.15) is 0 Å². The van der Waals surface area contributed by atoms with Crippen molar-refractivity contribution >= 4 is 5.91 Å². The number of aromatic nitrogens is 2. The molecule has 1 aromatic heterocycles. The minimum atomic E-state index is 0.181. The van der Waals surface area contributed by atoms with Crippen LogP contribution >= 0.6 is 0 Å². The zero-order valence-corrected chi connectivity index (χ0v) is 14.5. The smallest absolute Gasteiger partial charge is 0.226 e. The van der Waals surface area contributed by atoms with Crippen LogP contribution in [0.25, 0.3) is 0 Å². The van der Waals surface area contributed by atoms with Gasteiger partial charge in [-0.3, -0.25) is 4.79 Å². The van der Waals surface area contributed by atoms with E-state index in [2.05, 4.69) is 21.7 Å². The van der Waals surface area contributed by atoms with Crippen molar-refractivity contribution in [3.63, 3.8) is 0 Å². The van der Waals surface area contributed by atoms with Crippen LogP contribution in [0.1, 0.15) is 37.1 Å². The molecule has 1 saturated heterocycles. The molecule has 1 aliphatic heterocycles. The lowest BCUT2D eigenvalue weighted by Crippen LogP contribution is -2.38. The summed E-state index contributed by atoms with van der Waals surface area (Å²) in [5, 5.41) is 0. The van der Waals surface area contributed by atoms with Gasteiger partial charge in [0.15, 0.2) is 0 Å². The Morgan fingerprint density at radius 1 is 1.24 bits per heavy atom. The van der Waals surface area contributed by atoms with Crippen LogP contribution in [0.4, 0.5) is 0 Å². The second kappa shape index (κ2) is 7.40. The molecule has 0 N–H and O–H groups in total. The highest BCUT2D eigenvalue weighted by Crippen LogP contribution is 2.32. The number of hydrogen-bond donors (Lipinski definition) is 0. The number of ether oxygens (including phenoxy) is 1. The fourth-order valence-electron chi connectivity index (χ4n) is 3.44. The average molecular weight is 339 g/mol. The first-order valence-corrected chi connectivity index (χ1v) is 9.24. The molecule has 2 aromatic rings. The molecular formula is C20H25N3O2. The Balaban J connectivity index is 1.47. The van der Waals surface area contributed by atoms with Crippen molar-refractivity contribution in [2.24, 2.45) is 5.92 Å². The van der Waals surface area contributed by atoms with Crippen LogP contribution < -0.4 is 0 Å². The average Bonchev–Trinajstić information content (AvgIpc) is 3.20.